The summed E-state index contributed by atoms with van der Waals surface area (Å²) in [6, 6.07) is 18.1. The Morgan fingerprint density at radius 3 is 1.06 bits per heavy atom. The van der Waals surface area contributed by atoms with E-state index in [1.807, 2.05) is 55.8 Å². The number of benzene rings is 2. The van der Waals surface area contributed by atoms with Gasteiger partial charge in [0, 0.05) is 94.3 Å². The van der Waals surface area contributed by atoms with E-state index in [9.17, 15) is 97.3 Å². The van der Waals surface area contributed by atoms with Crippen LogP contribution in [-0.2, 0) is 25.4 Å². The highest BCUT2D eigenvalue weighted by Crippen LogP contribution is 2.39. The summed E-state index contributed by atoms with van der Waals surface area (Å²) in [5.74, 6) is -8.80. The number of thiazole rings is 4. The Labute approximate surface area is 633 Å². The van der Waals surface area contributed by atoms with Gasteiger partial charge >= 0.3 is 12.4 Å². The molecule has 10 aromatic rings. The van der Waals surface area contributed by atoms with E-state index in [2.05, 4.69) is 75.0 Å². The summed E-state index contributed by atoms with van der Waals surface area (Å²) in [5.41, 5.74) is -2.33. The number of amides is 4. The summed E-state index contributed by atoms with van der Waals surface area (Å²) < 4.78 is 171. The average molecular weight is 1610 g/mol. The van der Waals surface area contributed by atoms with E-state index in [0.717, 1.165) is 111 Å². The van der Waals surface area contributed by atoms with Crippen molar-refractivity contribution in [3.8, 4) is 24.8 Å². The normalized spacial score (nSPS) is 10.8. The van der Waals surface area contributed by atoms with Gasteiger partial charge in [0.05, 0.1) is 33.9 Å². The van der Waals surface area contributed by atoms with Crippen molar-refractivity contribution < 1.29 is 76.3 Å². The van der Waals surface area contributed by atoms with E-state index in [1.165, 1.54) is 35.4 Å². The maximum Gasteiger partial charge on any atom is 0.416 e. The molecule has 0 radical (unpaired) electrons. The Balaban J connectivity index is 0.000000206. The number of nitrogens with one attached hydrogen (secondary N) is 4. The number of aryl methyl sites for hydroxylation is 4. The first-order valence-electron chi connectivity index (χ1n) is 31.8. The van der Waals surface area contributed by atoms with Gasteiger partial charge in [-0.15, -0.1) is 45.3 Å². The first-order chi connectivity index (χ1) is 52.0. The van der Waals surface area contributed by atoms with E-state index >= 15 is 0 Å². The maximum atomic E-state index is 13.4. The number of nitrogens with zero attached hydrogens (tertiary/aromatic N) is 16. The molecule has 110 heavy (non-hydrogen) atoms. The van der Waals surface area contributed by atoms with Crippen LogP contribution in [0.3, 0.4) is 0 Å². The van der Waals surface area contributed by atoms with Crippen LogP contribution in [0.15, 0.2) is 103 Å². The monoisotopic (exact) mass is 1600 g/mol. The number of hydrogen-bond acceptors (Lipinski definition) is 24. The van der Waals surface area contributed by atoms with Crippen molar-refractivity contribution in [3.63, 3.8) is 0 Å². The molecule has 572 valence electrons. The van der Waals surface area contributed by atoms with Gasteiger partial charge < -0.3 is 21.3 Å². The fraction of sp³-hybridized carbons (Fsp3) is 0.246. The van der Waals surface area contributed by atoms with Crippen LogP contribution in [0.5, 0.6) is 0 Å². The summed E-state index contributed by atoms with van der Waals surface area (Å²) in [4.78, 5) is 84.0. The highest BCUT2D eigenvalue weighted by molar-refractivity contribution is 7.17. The average Bonchev–Trinajstić information content (AvgIpc) is 1.52. The molecule has 4 N–H and O–H groups in total. The predicted molar refractivity (Wildman–Crippen MR) is 379 cm³/mol. The summed E-state index contributed by atoms with van der Waals surface area (Å²) in [5, 5.41) is 48.4. The van der Waals surface area contributed by atoms with Crippen molar-refractivity contribution >= 4 is 112 Å². The maximum absolute atomic E-state index is 13.4. The van der Waals surface area contributed by atoms with Crippen LogP contribution >= 0.6 is 45.3 Å². The van der Waals surface area contributed by atoms with Crippen LogP contribution in [0.25, 0.3) is 0 Å². The molecule has 0 aliphatic rings. The quantitative estimate of drug-likeness (QED) is 0.0161. The lowest BCUT2D eigenvalue weighted by atomic mass is 10.0. The molecule has 0 fully saturated rings. The van der Waals surface area contributed by atoms with Gasteiger partial charge in [0.2, 0.25) is 62.2 Å². The molecule has 2 aromatic carbocycles. The second-order valence-electron chi connectivity index (χ2n) is 22.9. The Morgan fingerprint density at radius 2 is 0.745 bits per heavy atom. The molecule has 0 spiro atoms. The SMILES string of the molecule is CCCCNC(=O)c1nc(N(C#N)c2cc(F)nc(F)c2)sc1C.Cc1sc(N(C#N)c2cc(F)nc(F)c2)nc1C(=O)NCc1cc(C(F)(F)F)cc(C(F)(F)F)c1.Cc1sc(N(C#N)c2cc(F)nc(F)c2)nc1C(=O)NCc1ccccc1.Cc1sc(N(C#N)c2ccnc(F)c2)nc1C(=O)NCCC(C)C. The number of rotatable bonds is 22. The van der Waals surface area contributed by atoms with Crippen LogP contribution in [0.2, 0.25) is 0 Å². The smallest absolute Gasteiger partial charge is 0.351 e. The standard InChI is InChI=1S/C20H11F8N5OS.C18H13F2N5OS.C16H18FN5OS.C15H15F2N5OS/c1-9-16(32-18(35-9)33(8-29)13-5-14(21)31-15(22)6-13)17(34)30-7-10-2-11(19(23,24)25)4-12(3-10)20(26,27)28;1-11-16(17(26)22-9-12-5-3-2-4-6-12)24-18(27-11)25(10-21)13-7-14(19)23-15(20)8-13;1-10(2)4-6-20-15(23)14-11(3)24-16(21-14)22(9-18)12-5-7-19-13(17)8-12;1-3-4-5-19-14(23)13-9(2)24-15(21-13)22(8-18)10-6-11(16)20-12(17)7-10/h2-6H,7H2,1H3,(H,30,34);2-8H,9H2,1H3,(H,22,26);5,7-8,10H,4,6H2,1-3H3,(H,20,23);6-7H,3-5H2,1-2H3,(H,19,23). The fourth-order valence-electron chi connectivity index (χ4n) is 9.14. The molecule has 0 atom stereocenters. The van der Waals surface area contributed by atoms with Crippen molar-refractivity contribution in [2.45, 2.75) is 93.2 Å². The van der Waals surface area contributed by atoms with E-state index in [0.29, 0.717) is 68.0 Å². The number of unbranched alkanes of at least 4 members (excludes halogenated alkanes) is 1. The molecule has 24 nitrogen and oxygen atoms in total. The lowest BCUT2D eigenvalue weighted by Gasteiger charge is -2.14. The number of anilines is 8. The van der Waals surface area contributed by atoms with Crippen LogP contribution in [-0.4, -0.2) is 76.6 Å². The molecule has 10 rings (SSSR count). The molecule has 4 amide bonds. The van der Waals surface area contributed by atoms with E-state index in [4.69, 9.17) is 0 Å². The lowest BCUT2D eigenvalue weighted by molar-refractivity contribution is -0.143. The van der Waals surface area contributed by atoms with Gasteiger partial charge in [-0.05, 0) is 81.8 Å². The van der Waals surface area contributed by atoms with Crippen molar-refractivity contribution in [2.75, 3.05) is 32.7 Å². The summed E-state index contributed by atoms with van der Waals surface area (Å²) in [6.45, 7) is 13.5. The molecule has 0 saturated carbocycles. The zero-order chi connectivity index (χ0) is 80.9. The van der Waals surface area contributed by atoms with Gasteiger partial charge in [0.15, 0.2) is 24.8 Å². The first-order valence-corrected chi connectivity index (χ1v) is 35.1. The number of halogens is 13. The van der Waals surface area contributed by atoms with Crippen LogP contribution in [0.4, 0.5) is 100 Å². The van der Waals surface area contributed by atoms with Crippen LogP contribution in [0.1, 0.15) is 124 Å². The van der Waals surface area contributed by atoms with Gasteiger partial charge in [0.1, 0.15) is 22.8 Å². The van der Waals surface area contributed by atoms with E-state index in [1.54, 1.807) is 27.0 Å². The molecular weight excluding hydrogens is 1550 g/mol. The minimum absolute atomic E-state index is 0.0383. The van der Waals surface area contributed by atoms with Crippen LogP contribution in [0, 0.1) is 121 Å². The van der Waals surface area contributed by atoms with Gasteiger partial charge in [0.25, 0.3) is 23.6 Å². The highest BCUT2D eigenvalue weighted by atomic mass is 32.1. The number of pyridine rings is 4. The van der Waals surface area contributed by atoms with Crippen molar-refractivity contribution in [1.82, 2.24) is 61.1 Å². The summed E-state index contributed by atoms with van der Waals surface area (Å²) in [6.07, 6.45) is 1.07. The van der Waals surface area contributed by atoms with Gasteiger partial charge in [-0.1, -0.05) is 57.5 Å². The van der Waals surface area contributed by atoms with Crippen molar-refractivity contribution in [3.05, 3.63) is 209 Å². The molecule has 0 saturated heterocycles. The lowest BCUT2D eigenvalue weighted by Crippen LogP contribution is -2.26. The summed E-state index contributed by atoms with van der Waals surface area (Å²) >= 11 is 4.15. The second kappa shape index (κ2) is 38.5. The molecular formula is C69H57F13N20O4S4. The molecule has 0 bridgehead atoms. The van der Waals surface area contributed by atoms with Gasteiger partial charge in [-0.3, -0.25) is 19.2 Å². The minimum Gasteiger partial charge on any atom is -0.351 e. The highest BCUT2D eigenvalue weighted by Gasteiger charge is 2.37. The van der Waals surface area contributed by atoms with Gasteiger partial charge in [-0.25, -0.2) is 44.5 Å². The molecule has 0 aliphatic carbocycles. The second-order valence-corrected chi connectivity index (χ2v) is 27.6. The number of aromatic nitrogens is 8. The molecule has 0 aliphatic heterocycles. The number of carbonyl (C=O) groups is 4. The Hall–Kier alpha value is -12.3. The summed E-state index contributed by atoms with van der Waals surface area (Å²) in [7, 11) is 0. The molecule has 0 unspecified atom stereocenters. The number of carbonyl (C=O) groups excluding carboxylic acids is 4. The number of alkyl halides is 6. The zero-order valence-corrected chi connectivity index (χ0v) is 61.4. The van der Waals surface area contributed by atoms with Crippen LogP contribution < -0.4 is 40.9 Å². The Bertz CT molecular complexity index is 5040. The van der Waals surface area contributed by atoms with Gasteiger partial charge in [-0.2, -0.15) is 93.1 Å². The fourth-order valence-corrected chi connectivity index (χ4v) is 12.7. The minimum atomic E-state index is -5.05. The zero-order valence-electron chi connectivity index (χ0n) is 58.2. The largest absolute Gasteiger partial charge is 0.416 e. The Morgan fingerprint density at radius 1 is 0.427 bits per heavy atom. The molecule has 41 heteroatoms. The first kappa shape index (κ1) is 84.9. The third-order valence-corrected chi connectivity index (χ3v) is 18.2. The number of hydrogen-bond donors (Lipinski definition) is 4. The Kier molecular flexibility index (Phi) is 29.7. The molecule has 8 aromatic heterocycles. The van der Waals surface area contributed by atoms with E-state index < -0.39 is 89.0 Å². The third-order valence-electron chi connectivity index (χ3n) is 14.4. The van der Waals surface area contributed by atoms with Crippen molar-refractivity contribution in [2.24, 2.45) is 5.92 Å². The van der Waals surface area contributed by atoms with E-state index in [-0.39, 0.29) is 78.0 Å². The third kappa shape index (κ3) is 23.6. The number of nitriles is 4. The molecule has 8 heterocycles. The predicted octanol–water partition coefficient (Wildman–Crippen LogP) is 16.0. The topological polar surface area (TPSA) is 328 Å². The van der Waals surface area contributed by atoms with Crippen molar-refractivity contribution in [1.29, 1.82) is 21.0 Å².